The van der Waals surface area contributed by atoms with Crippen LogP contribution in [0.15, 0.2) is 48.5 Å². The lowest BCUT2D eigenvalue weighted by Crippen LogP contribution is -2.18. The Bertz CT molecular complexity index is 911. The summed E-state index contributed by atoms with van der Waals surface area (Å²) in [5.41, 5.74) is 0.940. The molecule has 24 heavy (non-hydrogen) atoms. The van der Waals surface area contributed by atoms with Crippen molar-refractivity contribution < 1.29 is 19.1 Å². The molecule has 0 atom stereocenters. The molecule has 4 nitrogen and oxygen atoms in total. The first kappa shape index (κ1) is 16.2. The van der Waals surface area contributed by atoms with Gasteiger partial charge >= 0.3 is 5.97 Å². The van der Waals surface area contributed by atoms with Gasteiger partial charge in [-0.2, -0.15) is 0 Å². The van der Waals surface area contributed by atoms with Crippen LogP contribution < -0.4 is 9.47 Å². The highest BCUT2D eigenvalue weighted by molar-refractivity contribution is 7.21. The molecule has 0 fully saturated rings. The number of ketones is 1. The van der Waals surface area contributed by atoms with Gasteiger partial charge in [-0.05, 0) is 30.7 Å². The summed E-state index contributed by atoms with van der Waals surface area (Å²) in [4.78, 5) is 24.4. The van der Waals surface area contributed by atoms with Crippen molar-refractivity contribution in [3.8, 4) is 11.5 Å². The van der Waals surface area contributed by atoms with Crippen LogP contribution in [0.1, 0.15) is 22.2 Å². The van der Waals surface area contributed by atoms with Crippen molar-refractivity contribution in [3.63, 3.8) is 0 Å². The van der Waals surface area contributed by atoms with Crippen LogP contribution in [0.2, 0.25) is 0 Å². The second-order valence-electron chi connectivity index (χ2n) is 5.34. The molecule has 1 heterocycles. The van der Waals surface area contributed by atoms with Gasteiger partial charge in [-0.25, -0.2) is 4.79 Å². The second-order valence-corrected chi connectivity index (χ2v) is 6.39. The summed E-state index contributed by atoms with van der Waals surface area (Å²) in [6, 6.07) is 14.9. The largest absolute Gasteiger partial charge is 0.482 e. The molecule has 2 aromatic carbocycles. The van der Waals surface area contributed by atoms with E-state index >= 15 is 0 Å². The number of para-hydroxylation sites is 1. The number of thiophene rings is 1. The van der Waals surface area contributed by atoms with E-state index in [4.69, 9.17) is 9.47 Å². The molecule has 122 valence electrons. The summed E-state index contributed by atoms with van der Waals surface area (Å²) in [6.07, 6.45) is 0. The number of ether oxygens (including phenoxy) is 2. The third-order valence-electron chi connectivity index (χ3n) is 3.52. The molecule has 0 amide bonds. The van der Waals surface area contributed by atoms with E-state index in [-0.39, 0.29) is 12.4 Å². The van der Waals surface area contributed by atoms with Gasteiger partial charge in [0.15, 0.2) is 18.1 Å². The minimum atomic E-state index is -0.538. The fourth-order valence-electron chi connectivity index (χ4n) is 2.35. The van der Waals surface area contributed by atoms with Gasteiger partial charge in [0.05, 0.1) is 0 Å². The first-order valence-corrected chi connectivity index (χ1v) is 8.29. The first-order chi connectivity index (χ1) is 11.6. The van der Waals surface area contributed by atoms with Crippen molar-refractivity contribution in [2.75, 3.05) is 6.61 Å². The normalized spacial score (nSPS) is 10.6. The van der Waals surface area contributed by atoms with Gasteiger partial charge in [0.2, 0.25) is 0 Å². The average molecular weight is 340 g/mol. The fraction of sp³-hybridized carbons (Fsp3) is 0.158. The minimum absolute atomic E-state index is 0.126. The lowest BCUT2D eigenvalue weighted by Gasteiger charge is -2.09. The van der Waals surface area contributed by atoms with Gasteiger partial charge in [0, 0.05) is 17.0 Å². The Balaban J connectivity index is 1.79. The topological polar surface area (TPSA) is 52.6 Å². The smallest absolute Gasteiger partial charge is 0.349 e. The molecule has 0 aliphatic carbocycles. The summed E-state index contributed by atoms with van der Waals surface area (Å²) in [5, 5.41) is 0.761. The van der Waals surface area contributed by atoms with Crippen LogP contribution in [0.4, 0.5) is 0 Å². The van der Waals surface area contributed by atoms with E-state index < -0.39 is 5.97 Å². The first-order valence-electron chi connectivity index (χ1n) is 7.48. The van der Waals surface area contributed by atoms with Crippen LogP contribution in [-0.4, -0.2) is 18.4 Å². The van der Waals surface area contributed by atoms with Crippen molar-refractivity contribution in [1.29, 1.82) is 0 Å². The zero-order valence-corrected chi connectivity index (χ0v) is 14.2. The molecular weight excluding hydrogens is 324 g/mol. The van der Waals surface area contributed by atoms with Crippen LogP contribution >= 0.6 is 11.3 Å². The predicted octanol–water partition coefficient (Wildman–Crippen LogP) is 4.40. The molecule has 0 bridgehead atoms. The van der Waals surface area contributed by atoms with Gasteiger partial charge < -0.3 is 9.47 Å². The third kappa shape index (κ3) is 3.31. The standard InChI is InChI=1S/C19H16O4S/c1-12-7-3-5-9-15(12)22-11-17(21)23-18-14-8-4-6-10-16(14)24-19(18)13(2)20/h3-10H,11H2,1-2H3. The van der Waals surface area contributed by atoms with Crippen LogP contribution in [0.3, 0.4) is 0 Å². The van der Waals surface area contributed by atoms with E-state index in [1.807, 2.05) is 49.4 Å². The molecule has 5 heteroatoms. The number of benzene rings is 2. The van der Waals surface area contributed by atoms with Gasteiger partial charge in [-0.15, -0.1) is 11.3 Å². The second kappa shape index (κ2) is 6.84. The molecule has 0 unspecified atom stereocenters. The van der Waals surface area contributed by atoms with Gasteiger partial charge in [-0.3, -0.25) is 4.79 Å². The van der Waals surface area contributed by atoms with E-state index in [0.29, 0.717) is 16.4 Å². The number of carbonyl (C=O) groups excluding carboxylic acids is 2. The molecule has 1 aromatic heterocycles. The minimum Gasteiger partial charge on any atom is -0.482 e. The molecule has 0 N–H and O–H groups in total. The SMILES string of the molecule is CC(=O)c1sc2ccccc2c1OC(=O)COc1ccccc1C. The van der Waals surface area contributed by atoms with Crippen molar-refractivity contribution >= 4 is 33.2 Å². The molecule has 0 saturated carbocycles. The number of esters is 1. The number of fused-ring (bicyclic) bond motifs is 1. The maximum atomic E-state index is 12.2. The van der Waals surface area contributed by atoms with Crippen LogP contribution in [0, 0.1) is 6.92 Å². The summed E-state index contributed by atoms with van der Waals surface area (Å²) in [5.74, 6) is 0.293. The van der Waals surface area contributed by atoms with Crippen LogP contribution in [-0.2, 0) is 4.79 Å². The Labute approximate surface area is 143 Å². The number of hydrogen-bond donors (Lipinski definition) is 0. The zero-order valence-electron chi connectivity index (χ0n) is 13.4. The van der Waals surface area contributed by atoms with Crippen molar-refractivity contribution in [3.05, 3.63) is 59.0 Å². The van der Waals surface area contributed by atoms with Crippen molar-refractivity contribution in [2.45, 2.75) is 13.8 Å². The Morgan fingerprint density at radius 3 is 2.50 bits per heavy atom. The molecule has 3 aromatic rings. The lowest BCUT2D eigenvalue weighted by molar-refractivity contribution is -0.136. The summed E-state index contributed by atoms with van der Waals surface area (Å²) >= 11 is 1.32. The van der Waals surface area contributed by atoms with E-state index in [0.717, 1.165) is 15.6 Å². The van der Waals surface area contributed by atoms with Gasteiger partial charge in [-0.1, -0.05) is 30.3 Å². The summed E-state index contributed by atoms with van der Waals surface area (Å²) in [7, 11) is 0. The Hall–Kier alpha value is -2.66. The maximum Gasteiger partial charge on any atom is 0.349 e. The zero-order chi connectivity index (χ0) is 17.1. The van der Waals surface area contributed by atoms with E-state index in [1.54, 1.807) is 6.07 Å². The molecule has 3 rings (SSSR count). The van der Waals surface area contributed by atoms with E-state index in [1.165, 1.54) is 18.3 Å². The van der Waals surface area contributed by atoms with Crippen LogP contribution in [0.25, 0.3) is 10.1 Å². The van der Waals surface area contributed by atoms with E-state index in [9.17, 15) is 9.59 Å². The van der Waals surface area contributed by atoms with Crippen molar-refractivity contribution in [2.24, 2.45) is 0 Å². The number of hydrogen-bond acceptors (Lipinski definition) is 5. The number of Topliss-reactive ketones (excluding diaryl/α,β-unsaturated/α-hetero) is 1. The predicted molar refractivity (Wildman–Crippen MR) is 94.1 cm³/mol. The molecule has 0 radical (unpaired) electrons. The number of rotatable bonds is 5. The summed E-state index contributed by atoms with van der Waals surface area (Å²) in [6.45, 7) is 3.15. The van der Waals surface area contributed by atoms with Crippen molar-refractivity contribution in [1.82, 2.24) is 0 Å². The highest BCUT2D eigenvalue weighted by atomic mass is 32.1. The number of aryl methyl sites for hydroxylation is 1. The molecule has 0 aliphatic rings. The Morgan fingerprint density at radius 2 is 1.75 bits per heavy atom. The number of carbonyl (C=O) groups is 2. The average Bonchev–Trinajstić information content (AvgIpc) is 2.93. The quantitative estimate of drug-likeness (QED) is 0.510. The molecular formula is C19H16O4S. The molecule has 0 saturated heterocycles. The highest BCUT2D eigenvalue weighted by Gasteiger charge is 2.20. The lowest BCUT2D eigenvalue weighted by atomic mass is 10.2. The highest BCUT2D eigenvalue weighted by Crippen LogP contribution is 2.38. The van der Waals surface area contributed by atoms with E-state index in [2.05, 4.69) is 0 Å². The molecule has 0 spiro atoms. The van der Waals surface area contributed by atoms with Crippen LogP contribution in [0.5, 0.6) is 11.5 Å². The molecule has 0 aliphatic heterocycles. The third-order valence-corrected chi connectivity index (χ3v) is 4.78. The Morgan fingerprint density at radius 1 is 1.04 bits per heavy atom. The maximum absolute atomic E-state index is 12.2. The fourth-order valence-corrected chi connectivity index (χ4v) is 3.38. The summed E-state index contributed by atoms with van der Waals surface area (Å²) < 4.78 is 11.9. The van der Waals surface area contributed by atoms with Gasteiger partial charge in [0.25, 0.3) is 0 Å². The monoisotopic (exact) mass is 340 g/mol. The Kier molecular flexibility index (Phi) is 4.62. The van der Waals surface area contributed by atoms with Gasteiger partial charge in [0.1, 0.15) is 10.6 Å².